The maximum Gasteiger partial charge on any atom is 0.298 e. The first kappa shape index (κ1) is 12.9. The van der Waals surface area contributed by atoms with Crippen molar-refractivity contribution in [2.45, 2.75) is 31.9 Å². The van der Waals surface area contributed by atoms with Gasteiger partial charge in [-0.05, 0) is 25.8 Å². The lowest BCUT2D eigenvalue weighted by atomic mass is 10.1. The number of para-hydroxylation sites is 1. The highest BCUT2D eigenvalue weighted by Crippen LogP contribution is 2.28. The smallest absolute Gasteiger partial charge is 0.298 e. The number of anilines is 1. The largest absolute Gasteiger partial charge is 0.423 e. The van der Waals surface area contributed by atoms with E-state index < -0.39 is 4.92 Å². The van der Waals surface area contributed by atoms with E-state index in [2.05, 4.69) is 10.3 Å². The predicted octanol–water partition coefficient (Wildman–Crippen LogP) is 2.72. The summed E-state index contributed by atoms with van der Waals surface area (Å²) in [7, 11) is 0. The summed E-state index contributed by atoms with van der Waals surface area (Å²) in [5.41, 5.74) is 0.616. The van der Waals surface area contributed by atoms with Crippen molar-refractivity contribution in [1.82, 2.24) is 4.98 Å². The number of hydrogen-bond acceptors (Lipinski definition) is 6. The van der Waals surface area contributed by atoms with Crippen LogP contribution < -0.4 is 5.32 Å². The van der Waals surface area contributed by atoms with Gasteiger partial charge < -0.3 is 14.5 Å². The number of aromatic nitrogens is 1. The number of non-ortho nitro benzene ring substituents is 1. The van der Waals surface area contributed by atoms with Crippen LogP contribution in [0.5, 0.6) is 0 Å². The Morgan fingerprint density at radius 2 is 2.40 bits per heavy atom. The van der Waals surface area contributed by atoms with Crippen LogP contribution in [-0.2, 0) is 4.74 Å². The van der Waals surface area contributed by atoms with E-state index in [1.54, 1.807) is 12.1 Å². The van der Waals surface area contributed by atoms with Crippen molar-refractivity contribution < 1.29 is 14.1 Å². The van der Waals surface area contributed by atoms with Crippen molar-refractivity contribution in [2.24, 2.45) is 0 Å². The molecular formula is C13H15N3O4. The van der Waals surface area contributed by atoms with E-state index in [0.29, 0.717) is 5.58 Å². The second kappa shape index (κ2) is 5.09. The van der Waals surface area contributed by atoms with E-state index >= 15 is 0 Å². The van der Waals surface area contributed by atoms with Gasteiger partial charge in [0.2, 0.25) is 0 Å². The molecule has 1 aromatic heterocycles. The zero-order valence-electron chi connectivity index (χ0n) is 11.0. The van der Waals surface area contributed by atoms with Crippen LogP contribution in [0.1, 0.15) is 19.8 Å². The molecule has 7 heteroatoms. The molecule has 0 amide bonds. The molecule has 0 aliphatic carbocycles. The van der Waals surface area contributed by atoms with Crippen LogP contribution in [-0.4, -0.2) is 28.7 Å². The third kappa shape index (κ3) is 2.32. The molecule has 1 aliphatic heterocycles. The first-order valence-electron chi connectivity index (χ1n) is 6.57. The number of nitro groups is 1. The number of nitro benzene ring substituents is 1. The van der Waals surface area contributed by atoms with Crippen molar-refractivity contribution in [1.29, 1.82) is 0 Å². The van der Waals surface area contributed by atoms with Crippen molar-refractivity contribution in [3.05, 3.63) is 28.3 Å². The highest BCUT2D eigenvalue weighted by atomic mass is 16.6. The average Bonchev–Trinajstić information content (AvgIpc) is 3.06. The van der Waals surface area contributed by atoms with E-state index in [4.69, 9.17) is 9.15 Å². The highest BCUT2D eigenvalue weighted by molar-refractivity contribution is 5.84. The summed E-state index contributed by atoms with van der Waals surface area (Å²) in [5.74, 6) is 0. The number of oxazole rings is 1. The van der Waals surface area contributed by atoms with Crippen molar-refractivity contribution in [3.8, 4) is 0 Å². The molecule has 1 N–H and O–H groups in total. The molecule has 0 spiro atoms. The van der Waals surface area contributed by atoms with E-state index in [1.165, 1.54) is 6.07 Å². The maximum absolute atomic E-state index is 10.9. The normalized spacial score (nSPS) is 20.1. The van der Waals surface area contributed by atoms with E-state index in [1.807, 2.05) is 6.92 Å². The number of rotatable bonds is 4. The number of hydrogen-bond donors (Lipinski definition) is 1. The summed E-state index contributed by atoms with van der Waals surface area (Å²) in [6, 6.07) is 5.00. The predicted molar refractivity (Wildman–Crippen MR) is 72.7 cm³/mol. The number of fused-ring (bicyclic) bond motifs is 1. The SMILES string of the molecule is CC(Nc1nc2c([N+](=O)[O-])cccc2o1)C1CCCO1. The summed E-state index contributed by atoms with van der Waals surface area (Å²) in [4.78, 5) is 14.6. The molecule has 1 fully saturated rings. The van der Waals surface area contributed by atoms with E-state index in [0.717, 1.165) is 19.4 Å². The van der Waals surface area contributed by atoms with Crippen LogP contribution in [0, 0.1) is 10.1 Å². The van der Waals surface area contributed by atoms with Gasteiger partial charge in [0.15, 0.2) is 11.1 Å². The Labute approximate surface area is 115 Å². The standard InChI is InChI=1S/C13H15N3O4/c1-8(10-6-3-7-19-10)14-13-15-12-9(16(17)18)4-2-5-11(12)20-13/h2,4-5,8,10H,3,6-7H2,1H3,(H,14,15). The van der Waals surface area contributed by atoms with Gasteiger partial charge in [0.05, 0.1) is 17.1 Å². The minimum Gasteiger partial charge on any atom is -0.423 e. The Kier molecular flexibility index (Phi) is 3.27. The average molecular weight is 277 g/mol. The Hall–Kier alpha value is -2.15. The molecule has 0 saturated carbocycles. The maximum atomic E-state index is 10.9. The molecule has 1 aliphatic rings. The molecule has 1 aromatic carbocycles. The number of nitrogens with zero attached hydrogens (tertiary/aromatic N) is 2. The van der Waals surface area contributed by atoms with Gasteiger partial charge in [0.1, 0.15) is 0 Å². The third-order valence-corrected chi connectivity index (χ3v) is 3.47. The molecule has 0 radical (unpaired) electrons. The summed E-state index contributed by atoms with van der Waals surface area (Å²) >= 11 is 0. The number of nitrogens with one attached hydrogen (secondary N) is 1. The molecule has 20 heavy (non-hydrogen) atoms. The minimum atomic E-state index is -0.460. The molecule has 0 bridgehead atoms. The van der Waals surface area contributed by atoms with Gasteiger partial charge >= 0.3 is 0 Å². The minimum absolute atomic E-state index is 0.0459. The van der Waals surface area contributed by atoms with Crippen LogP contribution in [0.2, 0.25) is 0 Å². The number of ether oxygens (including phenoxy) is 1. The summed E-state index contributed by atoms with van der Waals surface area (Å²) < 4.78 is 11.1. The quantitative estimate of drug-likeness (QED) is 0.682. The van der Waals surface area contributed by atoms with Crippen molar-refractivity contribution in [2.75, 3.05) is 11.9 Å². The van der Waals surface area contributed by atoms with Gasteiger partial charge in [-0.2, -0.15) is 4.98 Å². The van der Waals surface area contributed by atoms with Crippen LogP contribution in [0.25, 0.3) is 11.1 Å². The third-order valence-electron chi connectivity index (χ3n) is 3.47. The number of benzene rings is 1. The Morgan fingerprint density at radius 3 is 3.10 bits per heavy atom. The summed E-state index contributed by atoms with van der Waals surface area (Å²) in [5, 5.41) is 14.1. The fourth-order valence-corrected chi connectivity index (χ4v) is 2.43. The highest BCUT2D eigenvalue weighted by Gasteiger charge is 2.24. The van der Waals surface area contributed by atoms with Gasteiger partial charge in [-0.3, -0.25) is 10.1 Å². The first-order chi connectivity index (χ1) is 9.65. The lowest BCUT2D eigenvalue weighted by Crippen LogP contribution is -2.30. The zero-order chi connectivity index (χ0) is 14.1. The van der Waals surface area contributed by atoms with Crippen LogP contribution in [0.3, 0.4) is 0 Å². The van der Waals surface area contributed by atoms with Gasteiger partial charge in [-0.1, -0.05) is 6.07 Å². The fraction of sp³-hybridized carbons (Fsp3) is 0.462. The molecular weight excluding hydrogens is 262 g/mol. The van der Waals surface area contributed by atoms with E-state index in [9.17, 15) is 10.1 Å². The summed E-state index contributed by atoms with van der Waals surface area (Å²) in [6.45, 7) is 2.76. The zero-order valence-corrected chi connectivity index (χ0v) is 11.0. The topological polar surface area (TPSA) is 90.4 Å². The Balaban J connectivity index is 1.85. The van der Waals surface area contributed by atoms with Gasteiger partial charge in [-0.25, -0.2) is 0 Å². The molecule has 7 nitrogen and oxygen atoms in total. The van der Waals surface area contributed by atoms with Crippen LogP contribution in [0.15, 0.2) is 22.6 Å². The molecule has 106 valence electrons. The summed E-state index contributed by atoms with van der Waals surface area (Å²) in [6.07, 6.45) is 2.17. The Morgan fingerprint density at radius 1 is 1.55 bits per heavy atom. The lowest BCUT2D eigenvalue weighted by Gasteiger charge is -2.18. The molecule has 2 heterocycles. The first-order valence-corrected chi connectivity index (χ1v) is 6.57. The molecule has 3 rings (SSSR count). The molecule has 1 saturated heterocycles. The van der Waals surface area contributed by atoms with Crippen LogP contribution >= 0.6 is 0 Å². The fourth-order valence-electron chi connectivity index (χ4n) is 2.43. The van der Waals surface area contributed by atoms with Gasteiger partial charge in [0, 0.05) is 12.7 Å². The van der Waals surface area contributed by atoms with Gasteiger partial charge in [-0.15, -0.1) is 0 Å². The monoisotopic (exact) mass is 277 g/mol. The second-order valence-corrected chi connectivity index (χ2v) is 4.88. The molecule has 2 atom stereocenters. The molecule has 2 aromatic rings. The van der Waals surface area contributed by atoms with Crippen LogP contribution in [0.4, 0.5) is 11.7 Å². The van der Waals surface area contributed by atoms with Crippen molar-refractivity contribution >= 4 is 22.8 Å². The second-order valence-electron chi connectivity index (χ2n) is 4.88. The van der Waals surface area contributed by atoms with Crippen molar-refractivity contribution in [3.63, 3.8) is 0 Å². The van der Waals surface area contributed by atoms with E-state index in [-0.39, 0.29) is 29.4 Å². The van der Waals surface area contributed by atoms with Gasteiger partial charge in [0.25, 0.3) is 11.7 Å². The Bertz CT molecular complexity index is 634. The molecule has 2 unspecified atom stereocenters. The lowest BCUT2D eigenvalue weighted by molar-refractivity contribution is -0.383.